The molecule has 2 saturated carbocycles. The molecule has 0 aromatic rings. The minimum absolute atomic E-state index is 0.210. The van der Waals surface area contributed by atoms with Crippen LogP contribution in [-0.2, 0) is 14.2 Å². The van der Waals surface area contributed by atoms with Gasteiger partial charge in [-0.3, -0.25) is 4.90 Å². The van der Waals surface area contributed by atoms with Crippen molar-refractivity contribution >= 4 is 0 Å². The maximum atomic E-state index is 6.30. The van der Waals surface area contributed by atoms with Gasteiger partial charge in [0, 0.05) is 38.1 Å². The van der Waals surface area contributed by atoms with Crippen LogP contribution in [0.4, 0.5) is 0 Å². The minimum atomic E-state index is -0.357. The van der Waals surface area contributed by atoms with E-state index in [0.717, 1.165) is 58.2 Å². The molecule has 3 aliphatic rings. The van der Waals surface area contributed by atoms with Gasteiger partial charge in [-0.2, -0.15) is 0 Å². The molecule has 1 saturated heterocycles. The molecule has 2 N–H and O–H groups in total. The Kier molecular flexibility index (Phi) is 4.62. The first kappa shape index (κ1) is 14.7. The summed E-state index contributed by atoms with van der Waals surface area (Å²) in [6, 6.07) is 0.535. The Morgan fingerprint density at radius 3 is 2.70 bits per heavy atom. The Hall–Kier alpha value is -0.200. The number of hydrogen-bond donors (Lipinski definition) is 1. The quantitative estimate of drug-likeness (QED) is 0.737. The van der Waals surface area contributed by atoms with Crippen molar-refractivity contribution in [2.75, 3.05) is 40.0 Å². The lowest BCUT2D eigenvalue weighted by atomic mass is 9.85. The van der Waals surface area contributed by atoms with Crippen molar-refractivity contribution in [1.29, 1.82) is 0 Å². The smallest absolute Gasteiger partial charge is 0.170 e. The summed E-state index contributed by atoms with van der Waals surface area (Å²) in [6.45, 7) is 4.10. The molecule has 0 aromatic heterocycles. The molecule has 1 aliphatic heterocycles. The molecule has 20 heavy (non-hydrogen) atoms. The van der Waals surface area contributed by atoms with Crippen LogP contribution < -0.4 is 5.73 Å². The maximum absolute atomic E-state index is 6.30. The molecule has 2 unspecified atom stereocenters. The van der Waals surface area contributed by atoms with Gasteiger partial charge < -0.3 is 19.9 Å². The monoisotopic (exact) mass is 284 g/mol. The number of hydrogen-bond acceptors (Lipinski definition) is 5. The first-order chi connectivity index (χ1) is 9.69. The lowest BCUT2D eigenvalue weighted by Gasteiger charge is -2.43. The zero-order valence-corrected chi connectivity index (χ0v) is 12.6. The van der Waals surface area contributed by atoms with E-state index in [4.69, 9.17) is 19.9 Å². The number of nitrogens with two attached hydrogens (primary N) is 1. The fraction of sp³-hybridized carbons (Fsp3) is 1.00. The fourth-order valence-electron chi connectivity index (χ4n) is 3.30. The molecule has 0 bridgehead atoms. The molecule has 3 rings (SSSR count). The SMILES string of the molecule is CN(CCOCC1CC1)C1CC2(CCC1N)OCCO2. The predicted octanol–water partition coefficient (Wildman–Crippen LogP) is 0.968. The van der Waals surface area contributed by atoms with Crippen LogP contribution in [0.15, 0.2) is 0 Å². The van der Waals surface area contributed by atoms with Crippen LogP contribution in [0.5, 0.6) is 0 Å². The second-order valence-electron chi connectivity index (χ2n) is 6.58. The van der Waals surface area contributed by atoms with Gasteiger partial charge in [-0.1, -0.05) is 0 Å². The summed E-state index contributed by atoms with van der Waals surface area (Å²) >= 11 is 0. The first-order valence-corrected chi connectivity index (χ1v) is 8.00. The summed E-state index contributed by atoms with van der Waals surface area (Å²) in [7, 11) is 2.14. The van der Waals surface area contributed by atoms with Crippen LogP contribution in [0, 0.1) is 5.92 Å². The van der Waals surface area contributed by atoms with E-state index in [9.17, 15) is 0 Å². The number of likely N-dealkylation sites (N-methyl/N-ethyl adjacent to an activating group) is 1. The Balaban J connectivity index is 1.45. The van der Waals surface area contributed by atoms with Crippen LogP contribution in [0.25, 0.3) is 0 Å². The third kappa shape index (κ3) is 3.52. The van der Waals surface area contributed by atoms with E-state index in [1.54, 1.807) is 0 Å². The lowest BCUT2D eigenvalue weighted by molar-refractivity contribution is -0.191. The van der Waals surface area contributed by atoms with Crippen molar-refractivity contribution in [2.45, 2.75) is 50.0 Å². The van der Waals surface area contributed by atoms with Crippen molar-refractivity contribution in [3.05, 3.63) is 0 Å². The third-order valence-electron chi connectivity index (χ3n) is 4.89. The molecule has 0 aromatic carbocycles. The first-order valence-electron chi connectivity index (χ1n) is 8.00. The zero-order chi connectivity index (χ0) is 14.0. The molecule has 2 atom stereocenters. The summed E-state index contributed by atoms with van der Waals surface area (Å²) in [4.78, 5) is 2.32. The highest BCUT2D eigenvalue weighted by Crippen LogP contribution is 2.37. The van der Waals surface area contributed by atoms with Crippen LogP contribution in [0.2, 0.25) is 0 Å². The van der Waals surface area contributed by atoms with E-state index >= 15 is 0 Å². The van der Waals surface area contributed by atoms with Gasteiger partial charge in [0.2, 0.25) is 0 Å². The van der Waals surface area contributed by atoms with Gasteiger partial charge in [-0.15, -0.1) is 0 Å². The lowest BCUT2D eigenvalue weighted by Crippen LogP contribution is -2.55. The summed E-state index contributed by atoms with van der Waals surface area (Å²) in [5.41, 5.74) is 6.30. The molecule has 5 nitrogen and oxygen atoms in total. The number of rotatable bonds is 6. The summed E-state index contributed by atoms with van der Waals surface area (Å²) in [5, 5.41) is 0. The van der Waals surface area contributed by atoms with Gasteiger partial charge in [0.05, 0.1) is 19.8 Å². The second-order valence-corrected chi connectivity index (χ2v) is 6.58. The molecule has 116 valence electrons. The van der Waals surface area contributed by atoms with Gasteiger partial charge >= 0.3 is 0 Å². The Morgan fingerprint density at radius 1 is 1.25 bits per heavy atom. The summed E-state index contributed by atoms with van der Waals surface area (Å²) < 4.78 is 17.4. The van der Waals surface area contributed by atoms with Gasteiger partial charge in [0.15, 0.2) is 5.79 Å². The molecular weight excluding hydrogens is 256 g/mol. The topological polar surface area (TPSA) is 57.0 Å². The summed E-state index contributed by atoms with van der Waals surface area (Å²) in [5.74, 6) is 0.477. The van der Waals surface area contributed by atoms with Gasteiger partial charge in [0.25, 0.3) is 0 Å². The normalized spacial score (nSPS) is 33.1. The Morgan fingerprint density at radius 2 is 2.00 bits per heavy atom. The average Bonchev–Trinajstić information content (AvgIpc) is 3.17. The molecule has 1 spiro atoms. The van der Waals surface area contributed by atoms with Crippen LogP contribution >= 0.6 is 0 Å². The van der Waals surface area contributed by atoms with Gasteiger partial charge in [-0.05, 0) is 32.2 Å². The van der Waals surface area contributed by atoms with Crippen molar-refractivity contribution < 1.29 is 14.2 Å². The number of ether oxygens (including phenoxy) is 3. The molecule has 1 heterocycles. The molecule has 3 fully saturated rings. The van der Waals surface area contributed by atoms with Gasteiger partial charge in [0.1, 0.15) is 0 Å². The standard InChI is InChI=1S/C15H28N2O3/c1-17(6-7-18-11-12-2-3-12)14-10-15(5-4-13(14)16)19-8-9-20-15/h12-14H,2-11,16H2,1H3. The Bertz CT molecular complexity index is 316. The third-order valence-corrected chi connectivity index (χ3v) is 4.89. The van der Waals surface area contributed by atoms with Crippen molar-refractivity contribution in [3.8, 4) is 0 Å². The highest BCUT2D eigenvalue weighted by atomic mass is 16.7. The van der Waals surface area contributed by atoms with E-state index < -0.39 is 0 Å². The molecule has 2 aliphatic carbocycles. The molecular formula is C15H28N2O3. The van der Waals surface area contributed by atoms with Crippen LogP contribution in [0.3, 0.4) is 0 Å². The van der Waals surface area contributed by atoms with E-state index in [1.165, 1.54) is 12.8 Å². The highest BCUT2D eigenvalue weighted by molar-refractivity contribution is 4.94. The van der Waals surface area contributed by atoms with Gasteiger partial charge in [-0.25, -0.2) is 0 Å². The largest absolute Gasteiger partial charge is 0.380 e. The number of nitrogens with zero attached hydrogens (tertiary/aromatic N) is 1. The van der Waals surface area contributed by atoms with E-state index in [-0.39, 0.29) is 11.8 Å². The van der Waals surface area contributed by atoms with E-state index in [2.05, 4.69) is 11.9 Å². The van der Waals surface area contributed by atoms with Crippen molar-refractivity contribution in [2.24, 2.45) is 11.7 Å². The van der Waals surface area contributed by atoms with E-state index in [0.29, 0.717) is 6.04 Å². The van der Waals surface area contributed by atoms with Crippen molar-refractivity contribution in [1.82, 2.24) is 4.90 Å². The molecule has 5 heteroatoms. The zero-order valence-electron chi connectivity index (χ0n) is 12.6. The fourth-order valence-corrected chi connectivity index (χ4v) is 3.30. The minimum Gasteiger partial charge on any atom is -0.380 e. The van der Waals surface area contributed by atoms with E-state index in [1.807, 2.05) is 0 Å². The van der Waals surface area contributed by atoms with Crippen LogP contribution in [0.1, 0.15) is 32.1 Å². The molecule has 0 amide bonds. The highest BCUT2D eigenvalue weighted by Gasteiger charge is 2.45. The molecule has 0 radical (unpaired) electrons. The Labute approximate surface area is 121 Å². The average molecular weight is 284 g/mol. The van der Waals surface area contributed by atoms with Crippen molar-refractivity contribution in [3.63, 3.8) is 0 Å². The summed E-state index contributed by atoms with van der Waals surface area (Å²) in [6.07, 6.45) is 5.48. The maximum Gasteiger partial charge on any atom is 0.170 e. The predicted molar refractivity (Wildman–Crippen MR) is 76.4 cm³/mol. The second kappa shape index (κ2) is 6.28. The van der Waals surface area contributed by atoms with Crippen LogP contribution in [-0.4, -0.2) is 62.8 Å².